The Morgan fingerprint density at radius 3 is 2.67 bits per heavy atom. The molecule has 0 aliphatic heterocycles. The van der Waals surface area contributed by atoms with Gasteiger partial charge in [0.2, 0.25) is 5.91 Å². The molecule has 0 unspecified atom stereocenters. The summed E-state index contributed by atoms with van der Waals surface area (Å²) in [6.45, 7) is 1.21. The van der Waals surface area contributed by atoms with E-state index in [1.807, 2.05) is 11.9 Å². The number of nitrogens with one attached hydrogen (secondary N) is 1. The van der Waals surface area contributed by atoms with Crippen molar-refractivity contribution in [2.24, 2.45) is 5.73 Å². The van der Waals surface area contributed by atoms with Crippen molar-refractivity contribution in [1.82, 2.24) is 10.2 Å². The van der Waals surface area contributed by atoms with E-state index in [4.69, 9.17) is 5.73 Å². The van der Waals surface area contributed by atoms with Crippen LogP contribution in [0.25, 0.3) is 0 Å². The van der Waals surface area contributed by atoms with Crippen LogP contribution in [0.2, 0.25) is 0 Å². The van der Waals surface area contributed by atoms with Gasteiger partial charge >= 0.3 is 0 Å². The van der Waals surface area contributed by atoms with Crippen LogP contribution in [0, 0.1) is 0 Å². The zero-order valence-electron chi connectivity index (χ0n) is 9.46. The Hall–Kier alpha value is -0.610. The number of amides is 1. The van der Waals surface area contributed by atoms with Gasteiger partial charge in [-0.2, -0.15) is 0 Å². The van der Waals surface area contributed by atoms with Crippen molar-refractivity contribution in [2.75, 3.05) is 20.1 Å². The number of rotatable bonds is 5. The van der Waals surface area contributed by atoms with Gasteiger partial charge < -0.3 is 16.0 Å². The van der Waals surface area contributed by atoms with Crippen molar-refractivity contribution >= 4 is 5.91 Å². The largest absolute Gasteiger partial charge is 0.342 e. The molecule has 0 bridgehead atoms. The molecule has 3 N–H and O–H groups in total. The standard InChI is InChI=1S/C11H21N3O/c1-14(9-3-4-9)10(15)7-13-8-11(12)5-2-6-11/h9,13H,2-8,12H2,1H3. The SMILES string of the molecule is CN(C(=O)CNCC1(N)CCC1)C1CC1. The zero-order chi connectivity index (χ0) is 10.9. The molecule has 4 heteroatoms. The Balaban J connectivity index is 1.62. The van der Waals surface area contributed by atoms with Crippen LogP contribution >= 0.6 is 0 Å². The maximum absolute atomic E-state index is 11.6. The Kier molecular flexibility index (Phi) is 2.98. The first-order chi connectivity index (χ1) is 7.11. The van der Waals surface area contributed by atoms with E-state index in [0.717, 1.165) is 19.4 Å². The monoisotopic (exact) mass is 211 g/mol. The lowest BCUT2D eigenvalue weighted by molar-refractivity contribution is -0.129. The molecule has 2 rings (SSSR count). The number of carbonyl (C=O) groups is 1. The molecule has 0 spiro atoms. The summed E-state index contributed by atoms with van der Waals surface area (Å²) in [7, 11) is 1.89. The van der Waals surface area contributed by atoms with E-state index in [-0.39, 0.29) is 11.4 Å². The average molecular weight is 211 g/mol. The van der Waals surface area contributed by atoms with Crippen LogP contribution < -0.4 is 11.1 Å². The van der Waals surface area contributed by atoms with Gasteiger partial charge in [0.25, 0.3) is 0 Å². The topological polar surface area (TPSA) is 58.4 Å². The van der Waals surface area contributed by atoms with E-state index in [0.29, 0.717) is 12.6 Å². The summed E-state index contributed by atoms with van der Waals surface area (Å²) in [4.78, 5) is 13.5. The van der Waals surface area contributed by atoms with Gasteiger partial charge in [-0.05, 0) is 32.1 Å². The van der Waals surface area contributed by atoms with Crippen LogP contribution in [-0.2, 0) is 4.79 Å². The van der Waals surface area contributed by atoms with Gasteiger partial charge in [-0.3, -0.25) is 4.79 Å². The first-order valence-corrected chi connectivity index (χ1v) is 5.86. The highest BCUT2D eigenvalue weighted by Crippen LogP contribution is 2.28. The molecule has 2 aliphatic carbocycles. The van der Waals surface area contributed by atoms with Gasteiger partial charge in [-0.25, -0.2) is 0 Å². The minimum Gasteiger partial charge on any atom is -0.342 e. The van der Waals surface area contributed by atoms with Crippen molar-refractivity contribution in [2.45, 2.75) is 43.7 Å². The van der Waals surface area contributed by atoms with Crippen LogP contribution in [0.3, 0.4) is 0 Å². The first-order valence-electron chi connectivity index (χ1n) is 5.86. The second kappa shape index (κ2) is 4.10. The predicted octanol–water partition coefficient (Wildman–Crippen LogP) is 0.0782. The van der Waals surface area contributed by atoms with Crippen molar-refractivity contribution in [3.05, 3.63) is 0 Å². The molecule has 0 aromatic rings. The van der Waals surface area contributed by atoms with E-state index >= 15 is 0 Å². The van der Waals surface area contributed by atoms with Gasteiger partial charge in [0.15, 0.2) is 0 Å². The highest BCUT2D eigenvalue weighted by atomic mass is 16.2. The lowest BCUT2D eigenvalue weighted by Crippen LogP contribution is -2.55. The fraction of sp³-hybridized carbons (Fsp3) is 0.909. The highest BCUT2D eigenvalue weighted by molar-refractivity contribution is 5.78. The molecule has 2 saturated carbocycles. The molecule has 0 heterocycles. The van der Waals surface area contributed by atoms with E-state index in [1.165, 1.54) is 19.3 Å². The normalized spacial score (nSPS) is 23.3. The van der Waals surface area contributed by atoms with E-state index in [9.17, 15) is 4.79 Å². The number of likely N-dealkylation sites (N-methyl/N-ethyl adjacent to an activating group) is 1. The fourth-order valence-corrected chi connectivity index (χ4v) is 2.02. The molecule has 0 saturated heterocycles. The second-order valence-corrected chi connectivity index (χ2v) is 5.06. The quantitative estimate of drug-likeness (QED) is 0.677. The molecule has 2 aliphatic rings. The molecule has 0 aromatic carbocycles. The third kappa shape index (κ3) is 2.69. The van der Waals surface area contributed by atoms with Gasteiger partial charge in [-0.15, -0.1) is 0 Å². The summed E-state index contributed by atoms with van der Waals surface area (Å²) < 4.78 is 0. The summed E-state index contributed by atoms with van der Waals surface area (Å²) in [6.07, 6.45) is 5.75. The Labute approximate surface area is 91.2 Å². The second-order valence-electron chi connectivity index (χ2n) is 5.06. The Morgan fingerprint density at radius 1 is 1.53 bits per heavy atom. The molecular weight excluding hydrogens is 190 g/mol. The fourth-order valence-electron chi connectivity index (χ4n) is 2.02. The average Bonchev–Trinajstić information content (AvgIpc) is 2.97. The van der Waals surface area contributed by atoms with Crippen LogP contribution in [0.15, 0.2) is 0 Å². The van der Waals surface area contributed by atoms with E-state index in [2.05, 4.69) is 5.32 Å². The van der Waals surface area contributed by atoms with E-state index < -0.39 is 0 Å². The van der Waals surface area contributed by atoms with E-state index in [1.54, 1.807) is 0 Å². The summed E-state index contributed by atoms with van der Waals surface area (Å²) in [6, 6.07) is 0.509. The van der Waals surface area contributed by atoms with Crippen LogP contribution in [0.4, 0.5) is 0 Å². The lowest BCUT2D eigenvalue weighted by atomic mass is 9.78. The maximum atomic E-state index is 11.6. The molecule has 2 fully saturated rings. The van der Waals surface area contributed by atoms with Crippen molar-refractivity contribution in [3.63, 3.8) is 0 Å². The molecule has 86 valence electrons. The van der Waals surface area contributed by atoms with Gasteiger partial charge in [0.05, 0.1) is 6.54 Å². The highest BCUT2D eigenvalue weighted by Gasteiger charge is 2.33. The zero-order valence-corrected chi connectivity index (χ0v) is 9.46. The Bertz CT molecular complexity index is 246. The molecule has 15 heavy (non-hydrogen) atoms. The summed E-state index contributed by atoms with van der Waals surface area (Å²) in [5.74, 6) is 0.195. The molecule has 0 aromatic heterocycles. The number of hydrogen-bond donors (Lipinski definition) is 2. The molecular formula is C11H21N3O. The number of hydrogen-bond acceptors (Lipinski definition) is 3. The van der Waals surface area contributed by atoms with Crippen molar-refractivity contribution in [1.29, 1.82) is 0 Å². The summed E-state index contributed by atoms with van der Waals surface area (Å²) >= 11 is 0. The third-order valence-corrected chi connectivity index (χ3v) is 3.59. The minimum absolute atomic E-state index is 0.0293. The predicted molar refractivity (Wildman–Crippen MR) is 59.4 cm³/mol. The van der Waals surface area contributed by atoms with Gasteiger partial charge in [0.1, 0.15) is 0 Å². The molecule has 1 amide bonds. The number of nitrogens with two attached hydrogens (primary N) is 1. The molecule has 0 radical (unpaired) electrons. The lowest BCUT2D eigenvalue weighted by Gasteiger charge is -2.38. The van der Waals surface area contributed by atoms with Gasteiger partial charge in [-0.1, -0.05) is 0 Å². The third-order valence-electron chi connectivity index (χ3n) is 3.59. The van der Waals surface area contributed by atoms with Crippen LogP contribution in [0.1, 0.15) is 32.1 Å². The van der Waals surface area contributed by atoms with Crippen molar-refractivity contribution < 1.29 is 4.79 Å². The van der Waals surface area contributed by atoms with Gasteiger partial charge in [0, 0.05) is 25.2 Å². The van der Waals surface area contributed by atoms with Crippen LogP contribution in [0.5, 0.6) is 0 Å². The summed E-state index contributed by atoms with van der Waals surface area (Å²) in [5.41, 5.74) is 6.02. The van der Waals surface area contributed by atoms with Crippen LogP contribution in [-0.4, -0.2) is 42.5 Å². The summed E-state index contributed by atoms with van der Waals surface area (Å²) in [5, 5.41) is 3.17. The first kappa shape index (κ1) is 10.9. The molecule has 0 atom stereocenters. The number of carbonyl (C=O) groups excluding carboxylic acids is 1. The molecule has 4 nitrogen and oxygen atoms in total. The van der Waals surface area contributed by atoms with Crippen molar-refractivity contribution in [3.8, 4) is 0 Å². The Morgan fingerprint density at radius 2 is 2.20 bits per heavy atom. The minimum atomic E-state index is -0.0293. The number of nitrogens with zero attached hydrogens (tertiary/aromatic N) is 1. The smallest absolute Gasteiger partial charge is 0.236 e. The maximum Gasteiger partial charge on any atom is 0.236 e.